The van der Waals surface area contributed by atoms with E-state index in [-0.39, 0.29) is 5.92 Å². The number of aromatic nitrogens is 1. The average molecular weight is 288 g/mol. The molecule has 0 amide bonds. The van der Waals surface area contributed by atoms with Gasteiger partial charge in [-0.1, -0.05) is 32.0 Å². The highest BCUT2D eigenvalue weighted by Gasteiger charge is 2.24. The number of nitrogens with zero attached hydrogens (tertiary/aromatic N) is 1. The summed E-state index contributed by atoms with van der Waals surface area (Å²) in [6.45, 7) is 7.56. The smallest absolute Gasteiger partial charge is 0.175 e. The molecular formula is C16H20N2O3. The second kappa shape index (κ2) is 5.31. The predicted molar refractivity (Wildman–Crippen MR) is 80.6 cm³/mol. The van der Waals surface area contributed by atoms with Gasteiger partial charge in [0.05, 0.1) is 5.56 Å². The molecule has 1 aromatic heterocycles. The van der Waals surface area contributed by atoms with Crippen LogP contribution in [0.4, 0.5) is 5.82 Å². The third kappa shape index (κ3) is 2.44. The highest BCUT2D eigenvalue weighted by Crippen LogP contribution is 2.40. The van der Waals surface area contributed by atoms with Gasteiger partial charge in [-0.05, 0) is 23.6 Å². The number of ether oxygens (including phenoxy) is 2. The van der Waals surface area contributed by atoms with Crippen LogP contribution in [0.25, 0.3) is 11.1 Å². The summed E-state index contributed by atoms with van der Waals surface area (Å²) in [7, 11) is 0. The average Bonchev–Trinajstić information content (AvgIpc) is 2.87. The molecule has 5 heteroatoms. The minimum Gasteiger partial charge on any atom is -0.486 e. The highest BCUT2D eigenvalue weighted by molar-refractivity contribution is 5.77. The zero-order chi connectivity index (χ0) is 15.0. The quantitative estimate of drug-likeness (QED) is 0.936. The van der Waals surface area contributed by atoms with Gasteiger partial charge in [0.1, 0.15) is 19.0 Å². The molecule has 21 heavy (non-hydrogen) atoms. The predicted octanol–water partition coefficient (Wildman–Crippen LogP) is 3.45. The van der Waals surface area contributed by atoms with Crippen LogP contribution >= 0.6 is 0 Å². The largest absolute Gasteiger partial charge is 0.486 e. The van der Waals surface area contributed by atoms with Crippen LogP contribution in [0.1, 0.15) is 32.4 Å². The van der Waals surface area contributed by atoms with Crippen molar-refractivity contribution in [2.75, 3.05) is 18.9 Å². The van der Waals surface area contributed by atoms with Crippen molar-refractivity contribution in [2.24, 2.45) is 5.92 Å². The lowest BCUT2D eigenvalue weighted by molar-refractivity contribution is 0.171. The molecule has 1 unspecified atom stereocenters. The van der Waals surface area contributed by atoms with E-state index in [0.29, 0.717) is 24.9 Å². The number of hydrogen-bond acceptors (Lipinski definition) is 5. The molecule has 0 radical (unpaired) electrons. The molecule has 3 rings (SSSR count). The van der Waals surface area contributed by atoms with Gasteiger partial charge in [0.15, 0.2) is 17.3 Å². The van der Waals surface area contributed by atoms with Crippen LogP contribution in [0.5, 0.6) is 11.5 Å². The van der Waals surface area contributed by atoms with Gasteiger partial charge in [0.2, 0.25) is 0 Å². The summed E-state index contributed by atoms with van der Waals surface area (Å²) in [5, 5.41) is 3.94. The molecule has 2 aromatic rings. The van der Waals surface area contributed by atoms with Crippen molar-refractivity contribution in [3.8, 4) is 22.6 Å². The second-order valence-corrected chi connectivity index (χ2v) is 5.70. The van der Waals surface area contributed by atoms with Crippen LogP contribution in [0.3, 0.4) is 0 Å². The van der Waals surface area contributed by atoms with Crippen molar-refractivity contribution in [2.45, 2.75) is 26.7 Å². The second-order valence-electron chi connectivity index (χ2n) is 5.70. The lowest BCUT2D eigenvalue weighted by Gasteiger charge is -2.19. The number of nitrogens with two attached hydrogens (primary N) is 1. The lowest BCUT2D eigenvalue weighted by Crippen LogP contribution is -2.15. The third-order valence-electron chi connectivity index (χ3n) is 3.99. The lowest BCUT2D eigenvalue weighted by atomic mass is 9.90. The summed E-state index contributed by atoms with van der Waals surface area (Å²) in [6, 6.07) is 5.81. The first-order chi connectivity index (χ1) is 10.1. The summed E-state index contributed by atoms with van der Waals surface area (Å²) >= 11 is 0. The molecule has 1 aliphatic rings. The molecule has 1 atom stereocenters. The fourth-order valence-electron chi connectivity index (χ4n) is 2.42. The van der Waals surface area contributed by atoms with Crippen LogP contribution < -0.4 is 15.2 Å². The summed E-state index contributed by atoms with van der Waals surface area (Å²) in [6.07, 6.45) is 0. The first kappa shape index (κ1) is 13.8. The van der Waals surface area contributed by atoms with Crippen molar-refractivity contribution >= 4 is 5.82 Å². The Hall–Kier alpha value is -2.17. The maximum atomic E-state index is 6.01. The molecule has 5 nitrogen and oxygen atoms in total. The van der Waals surface area contributed by atoms with E-state index in [1.54, 1.807) is 0 Å². The third-order valence-corrected chi connectivity index (χ3v) is 3.99. The summed E-state index contributed by atoms with van der Waals surface area (Å²) in [5.74, 6) is 3.40. The van der Waals surface area contributed by atoms with E-state index in [1.807, 2.05) is 18.2 Å². The fraction of sp³-hybridized carbons (Fsp3) is 0.438. The molecule has 2 heterocycles. The van der Waals surface area contributed by atoms with Crippen molar-refractivity contribution in [1.29, 1.82) is 0 Å². The molecule has 0 fully saturated rings. The van der Waals surface area contributed by atoms with E-state index >= 15 is 0 Å². The molecule has 0 aliphatic carbocycles. The van der Waals surface area contributed by atoms with Gasteiger partial charge in [-0.3, -0.25) is 0 Å². The Labute approximate surface area is 124 Å². The topological polar surface area (TPSA) is 70.5 Å². The SMILES string of the molecule is CC(C)C(C)c1onc(N)c1-c1ccc2c(c1)OCCO2. The Bertz CT molecular complexity index is 649. The van der Waals surface area contributed by atoms with Crippen LogP contribution in [-0.4, -0.2) is 18.4 Å². The molecule has 0 spiro atoms. The minimum absolute atomic E-state index is 0.234. The van der Waals surface area contributed by atoms with Crippen molar-refractivity contribution in [3.05, 3.63) is 24.0 Å². The number of benzene rings is 1. The number of hydrogen-bond donors (Lipinski definition) is 1. The van der Waals surface area contributed by atoms with Crippen molar-refractivity contribution in [1.82, 2.24) is 5.16 Å². The van der Waals surface area contributed by atoms with Gasteiger partial charge in [-0.25, -0.2) is 0 Å². The van der Waals surface area contributed by atoms with Crippen LogP contribution in [0.2, 0.25) is 0 Å². The van der Waals surface area contributed by atoms with Crippen LogP contribution in [-0.2, 0) is 0 Å². The molecule has 0 saturated heterocycles. The van der Waals surface area contributed by atoms with Gasteiger partial charge in [0.25, 0.3) is 0 Å². The fourth-order valence-corrected chi connectivity index (χ4v) is 2.42. The molecule has 0 saturated carbocycles. The Balaban J connectivity index is 2.06. The summed E-state index contributed by atoms with van der Waals surface area (Å²) in [4.78, 5) is 0. The normalized spacial score (nSPS) is 15.2. The first-order valence-corrected chi connectivity index (χ1v) is 7.23. The Morgan fingerprint density at radius 1 is 1.10 bits per heavy atom. The Morgan fingerprint density at radius 2 is 1.81 bits per heavy atom. The number of fused-ring (bicyclic) bond motifs is 1. The van der Waals surface area contributed by atoms with Crippen molar-refractivity contribution < 1.29 is 14.0 Å². The number of nitrogen functional groups attached to an aromatic ring is 1. The van der Waals surface area contributed by atoms with E-state index in [9.17, 15) is 0 Å². The van der Waals surface area contributed by atoms with Crippen LogP contribution in [0, 0.1) is 5.92 Å². The van der Waals surface area contributed by atoms with Gasteiger partial charge >= 0.3 is 0 Å². The van der Waals surface area contributed by atoms with Gasteiger partial charge < -0.3 is 19.7 Å². The Morgan fingerprint density at radius 3 is 2.52 bits per heavy atom. The zero-order valence-electron chi connectivity index (χ0n) is 12.6. The molecule has 2 N–H and O–H groups in total. The van der Waals surface area contributed by atoms with Crippen molar-refractivity contribution in [3.63, 3.8) is 0 Å². The number of rotatable bonds is 3. The maximum absolute atomic E-state index is 6.01. The summed E-state index contributed by atoms with van der Waals surface area (Å²) in [5.41, 5.74) is 7.81. The van der Waals surface area contributed by atoms with E-state index in [0.717, 1.165) is 28.4 Å². The van der Waals surface area contributed by atoms with E-state index < -0.39 is 0 Å². The molecule has 1 aliphatic heterocycles. The van der Waals surface area contributed by atoms with Gasteiger partial charge in [-0.15, -0.1) is 0 Å². The maximum Gasteiger partial charge on any atom is 0.175 e. The molecule has 112 valence electrons. The van der Waals surface area contributed by atoms with E-state index in [1.165, 1.54) is 0 Å². The molecule has 1 aromatic carbocycles. The first-order valence-electron chi connectivity index (χ1n) is 7.23. The monoisotopic (exact) mass is 288 g/mol. The van der Waals surface area contributed by atoms with Gasteiger partial charge in [0, 0.05) is 5.92 Å². The minimum atomic E-state index is 0.234. The molecular weight excluding hydrogens is 268 g/mol. The van der Waals surface area contributed by atoms with E-state index in [4.69, 9.17) is 19.7 Å². The number of anilines is 1. The summed E-state index contributed by atoms with van der Waals surface area (Å²) < 4.78 is 16.6. The molecule has 0 bridgehead atoms. The van der Waals surface area contributed by atoms with Gasteiger partial charge in [-0.2, -0.15) is 0 Å². The van der Waals surface area contributed by atoms with Crippen LogP contribution in [0.15, 0.2) is 22.7 Å². The Kier molecular flexibility index (Phi) is 3.49. The van der Waals surface area contributed by atoms with E-state index in [2.05, 4.69) is 25.9 Å². The standard InChI is InChI=1S/C16H20N2O3/c1-9(2)10(3)15-14(16(17)18-21-15)11-4-5-12-13(8-11)20-7-6-19-12/h4-5,8-10H,6-7H2,1-3H3,(H2,17,18). The zero-order valence-corrected chi connectivity index (χ0v) is 12.6. The highest BCUT2D eigenvalue weighted by atomic mass is 16.6.